The lowest BCUT2D eigenvalue weighted by Crippen LogP contribution is -2.30. The highest BCUT2D eigenvalue weighted by Gasteiger charge is 2.36. The van der Waals surface area contributed by atoms with Gasteiger partial charge in [-0.15, -0.1) is 0 Å². The molecule has 0 fully saturated rings. The van der Waals surface area contributed by atoms with Crippen LogP contribution in [0.1, 0.15) is 37.7 Å². The minimum Gasteiger partial charge on any atom is -0.489 e. The normalized spacial score (nSPS) is 18.4. The summed E-state index contributed by atoms with van der Waals surface area (Å²) < 4.78 is 110. The molecule has 0 unspecified atom stereocenters. The van der Waals surface area contributed by atoms with Crippen molar-refractivity contribution in [2.75, 3.05) is 44.9 Å². The first-order valence-corrected chi connectivity index (χ1v) is 15.5. The number of alkyl halides is 3. The second-order valence-corrected chi connectivity index (χ2v) is 12.3. The number of hydrogen-bond donors (Lipinski definition) is 1. The summed E-state index contributed by atoms with van der Waals surface area (Å²) in [7, 11) is -7.19. The van der Waals surface area contributed by atoms with Gasteiger partial charge in [0, 0.05) is 41.4 Å². The number of benzene rings is 1. The fourth-order valence-corrected chi connectivity index (χ4v) is 6.40. The van der Waals surface area contributed by atoms with Crippen LogP contribution in [0.15, 0.2) is 53.7 Å². The molecule has 4 aromatic rings. The first-order valence-electron chi connectivity index (χ1n) is 15.4. The summed E-state index contributed by atoms with van der Waals surface area (Å²) in [6.07, 6.45) is -0.128. The van der Waals surface area contributed by atoms with Crippen LogP contribution in [0.5, 0.6) is 11.5 Å². The number of anilines is 2. The maximum Gasteiger partial charge on any atom is 0.264 e. The molecule has 12 nitrogen and oxygen atoms in total. The Kier molecular flexibility index (Phi) is 7.88. The lowest BCUT2D eigenvalue weighted by molar-refractivity contribution is 0.0914. The number of methoxy groups -OCH3 is 1. The monoisotopic (exact) mass is 662 g/mol. The summed E-state index contributed by atoms with van der Waals surface area (Å²) in [5.41, 5.74) is -3.08. The Morgan fingerprint density at radius 2 is 2.07 bits per heavy atom. The molecule has 0 spiro atoms. The molecule has 3 aromatic heterocycles. The first kappa shape index (κ1) is 27.7. The number of nitrogens with zero attached hydrogens (tertiary/aromatic N) is 4. The fourth-order valence-electron chi connectivity index (χ4n) is 5.03. The molecule has 2 aliphatic rings. The number of halogens is 3. The zero-order valence-corrected chi connectivity index (χ0v) is 24.7. The van der Waals surface area contributed by atoms with E-state index in [2.05, 4.69) is 15.3 Å². The van der Waals surface area contributed by atoms with Crippen LogP contribution in [-0.2, 0) is 32.5 Å². The van der Waals surface area contributed by atoms with Crippen LogP contribution >= 0.6 is 0 Å². The maximum absolute atomic E-state index is 14.3. The third kappa shape index (κ3) is 6.27. The third-order valence-corrected chi connectivity index (χ3v) is 9.08. The van der Waals surface area contributed by atoms with Crippen LogP contribution in [0.25, 0.3) is 10.9 Å². The van der Waals surface area contributed by atoms with E-state index in [-0.39, 0.29) is 30.9 Å². The minimum absolute atomic E-state index is 0.00736. The number of hydrogen-bond acceptors (Lipinski definition) is 11. The van der Waals surface area contributed by atoms with E-state index in [4.69, 9.17) is 28.0 Å². The van der Waals surface area contributed by atoms with Crippen LogP contribution in [0, 0.1) is 0 Å². The van der Waals surface area contributed by atoms with Gasteiger partial charge in [0.25, 0.3) is 12.3 Å². The van der Waals surface area contributed by atoms with E-state index >= 15 is 0 Å². The van der Waals surface area contributed by atoms with Crippen LogP contribution < -0.4 is 19.7 Å². The predicted octanol–water partition coefficient (Wildman–Crippen LogP) is 4.05. The second kappa shape index (κ2) is 13.1. The van der Waals surface area contributed by atoms with E-state index in [9.17, 15) is 26.4 Å². The molecule has 0 saturated heterocycles. The van der Waals surface area contributed by atoms with Gasteiger partial charge in [0.2, 0.25) is 15.3 Å². The molecule has 6 rings (SSSR count). The van der Waals surface area contributed by atoms with Gasteiger partial charge >= 0.3 is 0 Å². The average molecular weight is 663 g/mol. The molecule has 16 heteroatoms. The summed E-state index contributed by atoms with van der Waals surface area (Å²) in [4.78, 5) is 27.7. The van der Waals surface area contributed by atoms with Crippen LogP contribution in [0.2, 0.25) is 0 Å². The molecule has 242 valence electrons. The molecular weight excluding hydrogens is 631 g/mol. The van der Waals surface area contributed by atoms with Gasteiger partial charge in [-0.25, -0.2) is 31.6 Å². The quantitative estimate of drug-likeness (QED) is 0.260. The highest BCUT2D eigenvalue weighted by Crippen LogP contribution is 2.37. The minimum atomic E-state index is -4.67. The van der Waals surface area contributed by atoms with E-state index in [0.717, 1.165) is 12.1 Å². The van der Waals surface area contributed by atoms with Crippen molar-refractivity contribution in [1.29, 1.82) is 0 Å². The largest absolute Gasteiger partial charge is 0.489 e. The lowest BCUT2D eigenvalue weighted by atomic mass is 10.0. The highest BCUT2D eigenvalue weighted by atomic mass is 32.2. The van der Waals surface area contributed by atoms with Crippen LogP contribution in [0.4, 0.5) is 24.8 Å². The number of carbonyl (C=O) groups is 1. The summed E-state index contributed by atoms with van der Waals surface area (Å²) >= 11 is 0. The van der Waals surface area contributed by atoms with Crippen LogP contribution in [0.3, 0.4) is 0 Å². The van der Waals surface area contributed by atoms with E-state index in [0.29, 0.717) is 52.9 Å². The average Bonchev–Trinajstić information content (AvgIpc) is 3.18. The van der Waals surface area contributed by atoms with E-state index in [1.165, 1.54) is 6.20 Å². The van der Waals surface area contributed by atoms with Gasteiger partial charge in [-0.3, -0.25) is 9.78 Å². The number of fused-ring (bicyclic) bond motifs is 3. The van der Waals surface area contributed by atoms with E-state index in [1.54, 1.807) is 30.5 Å². The molecule has 0 aliphatic carbocycles. The van der Waals surface area contributed by atoms with Crippen molar-refractivity contribution in [3.8, 4) is 11.5 Å². The Morgan fingerprint density at radius 1 is 1.20 bits per heavy atom. The molecule has 1 atom stereocenters. The number of sulfone groups is 1. The summed E-state index contributed by atoms with van der Waals surface area (Å²) in [5, 5.41) is 3.23. The number of aromatic nitrogens is 3. The Hall–Kier alpha value is -4.54. The highest BCUT2D eigenvalue weighted by molar-refractivity contribution is 7.92. The van der Waals surface area contributed by atoms with Gasteiger partial charge < -0.3 is 29.2 Å². The van der Waals surface area contributed by atoms with Crippen molar-refractivity contribution >= 4 is 38.3 Å². The Balaban J connectivity index is 1.18. The van der Waals surface area contributed by atoms with Crippen molar-refractivity contribution < 1.29 is 49.4 Å². The molecule has 0 saturated carbocycles. The number of amides is 1. The van der Waals surface area contributed by atoms with Crippen molar-refractivity contribution in [3.63, 3.8) is 0 Å². The number of rotatable bonds is 9. The second-order valence-electron chi connectivity index (χ2n) is 10.2. The topological polar surface area (TPSA) is 142 Å². The van der Waals surface area contributed by atoms with Crippen LogP contribution in [-0.4, -0.2) is 74.8 Å². The molecule has 2 aliphatic heterocycles. The maximum atomic E-state index is 14.3. The zero-order valence-electron chi connectivity index (χ0n) is 26.9. The number of pyridine rings is 3. The SMILES string of the molecule is [2H]C([2H])([2H])OCCOc1cnc2c(c1)OCCN2c1ccc2cnc(CNC(=O)c3cc(C(F)F)c4c(c3)S(=O)(=O)[C@@H](F)COC4)cc2n1. The summed E-state index contributed by atoms with van der Waals surface area (Å²) in [5.74, 6) is 0.926. The van der Waals surface area contributed by atoms with Gasteiger partial charge in [0.05, 0.1) is 59.3 Å². The van der Waals surface area contributed by atoms with E-state index in [1.807, 2.05) is 4.90 Å². The van der Waals surface area contributed by atoms with Crippen molar-refractivity contribution in [1.82, 2.24) is 20.3 Å². The number of ether oxygens (including phenoxy) is 4. The molecule has 46 heavy (non-hydrogen) atoms. The van der Waals surface area contributed by atoms with Gasteiger partial charge in [-0.2, -0.15) is 0 Å². The molecule has 5 heterocycles. The number of nitrogens with one attached hydrogen (secondary N) is 1. The van der Waals surface area contributed by atoms with Crippen molar-refractivity contribution in [2.24, 2.45) is 0 Å². The molecule has 1 N–H and O–H groups in total. The third-order valence-electron chi connectivity index (χ3n) is 7.29. The van der Waals surface area contributed by atoms with Gasteiger partial charge in [0.1, 0.15) is 24.8 Å². The number of carbonyl (C=O) groups excluding carboxylic acids is 1. The molecule has 0 bridgehead atoms. The predicted molar refractivity (Wildman–Crippen MR) is 158 cm³/mol. The van der Waals surface area contributed by atoms with Crippen molar-refractivity contribution in [2.45, 2.75) is 30.0 Å². The van der Waals surface area contributed by atoms with Gasteiger partial charge in [0.15, 0.2) is 11.6 Å². The molecular formula is C30H28F3N5O7S. The van der Waals surface area contributed by atoms with Gasteiger partial charge in [-0.1, -0.05) is 0 Å². The summed E-state index contributed by atoms with van der Waals surface area (Å²) in [6, 6.07) is 8.59. The Labute approximate surface area is 265 Å². The Bertz CT molecular complexity index is 2010. The van der Waals surface area contributed by atoms with Crippen molar-refractivity contribution in [3.05, 3.63) is 71.2 Å². The van der Waals surface area contributed by atoms with E-state index < -0.39 is 58.4 Å². The standard InChI is InChI=1S/C30H28F3N5O7S/c1-42-6-7-44-20-11-24-29(35-14-20)38(4-5-45-24)27-3-2-17-12-34-19(10-23(17)37-27)13-36-30(39)18-8-21(28(32)33)22-15-43-16-26(31)46(40,41)25(22)9-18/h2-3,8-12,14,26,28H,4-7,13,15-16H2,1H3,(H,36,39)/t26-/m1/s1/i1D3. The molecule has 0 radical (unpaired) electrons. The molecule has 1 amide bonds. The van der Waals surface area contributed by atoms with Gasteiger partial charge in [-0.05, 0) is 30.3 Å². The molecule has 1 aromatic carbocycles. The lowest BCUT2D eigenvalue weighted by Gasteiger charge is -2.29. The smallest absolute Gasteiger partial charge is 0.264 e. The zero-order chi connectivity index (χ0) is 34.9. The first-order chi connectivity index (χ1) is 23.3. The Morgan fingerprint density at radius 3 is 2.89 bits per heavy atom. The fraction of sp³-hybridized carbons (Fsp3) is 0.333. The summed E-state index contributed by atoms with van der Waals surface area (Å²) in [6.45, 7) is -0.937.